The maximum absolute atomic E-state index is 7.97. The molecule has 0 saturated heterocycles. The lowest BCUT2D eigenvalue weighted by Crippen LogP contribution is -2.38. The zero-order valence-electron chi connectivity index (χ0n) is 66.0. The first-order chi connectivity index (χ1) is 51.5. The van der Waals surface area contributed by atoms with Crippen LogP contribution in [0.25, 0.3) is 65.7 Å². The van der Waals surface area contributed by atoms with Crippen molar-refractivity contribution in [1.29, 1.82) is 0 Å². The van der Waals surface area contributed by atoms with Crippen molar-refractivity contribution in [3.63, 3.8) is 0 Å². The summed E-state index contributed by atoms with van der Waals surface area (Å²) >= 11 is 0. The monoisotopic (exact) mass is 1420 g/mol. The van der Waals surface area contributed by atoms with Crippen molar-refractivity contribution in [2.75, 3.05) is 14.7 Å². The third kappa shape index (κ3) is 11.4. The van der Waals surface area contributed by atoms with Crippen LogP contribution >= 0.6 is 0 Å². The fourth-order valence-corrected chi connectivity index (χ4v) is 19.0. The highest BCUT2D eigenvalue weighted by Crippen LogP contribution is 2.68. The summed E-state index contributed by atoms with van der Waals surface area (Å²) in [5, 5.41) is 8.22. The molecular weight excluding hydrogens is 1320 g/mol. The van der Waals surface area contributed by atoms with Crippen molar-refractivity contribution in [1.82, 2.24) is 0 Å². The van der Waals surface area contributed by atoms with Crippen LogP contribution < -0.4 is 19.9 Å². The van der Waals surface area contributed by atoms with Crippen LogP contribution in [0.3, 0.4) is 0 Å². The molecule has 0 radical (unpaired) electrons. The van der Waals surface area contributed by atoms with Gasteiger partial charge in [0.15, 0.2) is 0 Å². The second-order valence-corrected chi connectivity index (χ2v) is 41.3. The molecule has 1 aromatic heterocycles. The van der Waals surface area contributed by atoms with E-state index in [0.717, 1.165) is 95.2 Å². The lowest BCUT2D eigenvalue weighted by Gasteiger charge is -2.38. The van der Waals surface area contributed by atoms with Crippen molar-refractivity contribution in [2.24, 2.45) is 0 Å². The summed E-state index contributed by atoms with van der Waals surface area (Å²) in [6, 6.07) is 112. The van der Waals surface area contributed by atoms with Gasteiger partial charge in [0.2, 0.25) is 0 Å². The van der Waals surface area contributed by atoms with Crippen molar-refractivity contribution in [3.8, 4) is 22.3 Å². The first kappa shape index (κ1) is 70.0. The second kappa shape index (κ2) is 25.3. The van der Waals surface area contributed by atoms with E-state index in [1.165, 1.54) is 82.5 Å². The molecule has 1 heterocycles. The summed E-state index contributed by atoms with van der Waals surface area (Å²) in [5.74, 6) is 0. The summed E-state index contributed by atoms with van der Waals surface area (Å²) in [6.07, 6.45) is 0. The molecule has 0 bridgehead atoms. The molecule has 0 saturated carbocycles. The topological polar surface area (TPSA) is 22.9 Å². The number of fused-ring (bicyclic) bond motifs is 13. The molecule has 0 spiro atoms. The minimum absolute atomic E-state index is 0.0218. The van der Waals surface area contributed by atoms with E-state index in [4.69, 9.17) is 4.42 Å². The summed E-state index contributed by atoms with van der Waals surface area (Å²) in [4.78, 5) is 7.65. The fourth-order valence-electron chi connectivity index (χ4n) is 17.8. The predicted molar refractivity (Wildman–Crippen MR) is 465 cm³/mol. The molecule has 536 valence electrons. The SMILES string of the molecule is CC(C)(C)c1ccc(N(c2ccc(C(C)(C)C)cc2)c2ccc(C3(c4ccc([Si](C)(C)C)cc4)c4cc(N(c5ccc(C(C)(C)C)cc5)c5cccc6ccccc56)c5c(c4-c4c3cc(N(c3ccc(C(C)(C)C)cc3)c3cccc6ccccc36)c3c4oc4ccccc43)-c3ccccc3C5(C)C)cc2)cc1. The maximum atomic E-state index is 7.97. The second-order valence-electron chi connectivity index (χ2n) is 36.2. The van der Waals surface area contributed by atoms with E-state index in [2.05, 4.69) is 422 Å². The molecule has 2 aliphatic carbocycles. The van der Waals surface area contributed by atoms with Gasteiger partial charge in [-0.1, -0.05) is 322 Å². The van der Waals surface area contributed by atoms with Crippen LogP contribution in [-0.2, 0) is 32.5 Å². The number of nitrogens with zero attached hydrogens (tertiary/aromatic N) is 3. The van der Waals surface area contributed by atoms with Crippen LogP contribution in [0.1, 0.15) is 153 Å². The molecule has 0 fully saturated rings. The average Bonchev–Trinajstić information content (AvgIpc) is 1.44. The highest BCUT2D eigenvalue weighted by molar-refractivity contribution is 6.88. The molecule has 2 aliphatic rings. The van der Waals surface area contributed by atoms with Crippen molar-refractivity contribution < 1.29 is 4.42 Å². The summed E-state index contributed by atoms with van der Waals surface area (Å²) in [6.45, 7) is 40.0. The van der Waals surface area contributed by atoms with Gasteiger partial charge in [-0.05, 0) is 196 Å². The van der Waals surface area contributed by atoms with Crippen LogP contribution in [0, 0.1) is 0 Å². The Balaban J connectivity index is 1.07. The summed E-state index contributed by atoms with van der Waals surface area (Å²) in [5.41, 5.74) is 26.9. The maximum Gasteiger partial charge on any atom is 0.145 e. The third-order valence-electron chi connectivity index (χ3n) is 23.7. The van der Waals surface area contributed by atoms with Crippen LogP contribution in [-0.4, -0.2) is 8.07 Å². The molecule has 15 aromatic rings. The van der Waals surface area contributed by atoms with Crippen LogP contribution in [0.4, 0.5) is 51.2 Å². The molecule has 1 unspecified atom stereocenters. The molecule has 0 amide bonds. The van der Waals surface area contributed by atoms with E-state index < -0.39 is 18.9 Å². The summed E-state index contributed by atoms with van der Waals surface area (Å²) < 4.78 is 7.97. The first-order valence-corrected chi connectivity index (χ1v) is 42.3. The number of benzene rings is 14. The number of para-hydroxylation sites is 1. The van der Waals surface area contributed by atoms with Gasteiger partial charge in [-0.15, -0.1) is 0 Å². The van der Waals surface area contributed by atoms with E-state index in [1.54, 1.807) is 0 Å². The van der Waals surface area contributed by atoms with Gasteiger partial charge in [-0.25, -0.2) is 0 Å². The molecule has 5 heteroatoms. The lowest BCUT2D eigenvalue weighted by atomic mass is 9.67. The van der Waals surface area contributed by atoms with E-state index in [1.807, 2.05) is 0 Å². The largest absolute Gasteiger partial charge is 0.455 e. The van der Waals surface area contributed by atoms with E-state index in [-0.39, 0.29) is 21.7 Å². The normalized spacial score (nSPS) is 14.8. The molecule has 4 nitrogen and oxygen atoms in total. The highest BCUT2D eigenvalue weighted by atomic mass is 28.3. The van der Waals surface area contributed by atoms with Gasteiger partial charge in [0, 0.05) is 55.6 Å². The Kier molecular flexibility index (Phi) is 16.4. The van der Waals surface area contributed by atoms with Gasteiger partial charge in [-0.2, -0.15) is 0 Å². The Hall–Kier alpha value is -11.0. The minimum atomic E-state index is -1.89. The van der Waals surface area contributed by atoms with Gasteiger partial charge in [0.05, 0.1) is 41.6 Å². The zero-order chi connectivity index (χ0) is 75.4. The number of anilines is 9. The highest BCUT2D eigenvalue weighted by Gasteiger charge is 2.54. The predicted octanol–water partition coefficient (Wildman–Crippen LogP) is 28.7. The van der Waals surface area contributed by atoms with E-state index >= 15 is 0 Å². The van der Waals surface area contributed by atoms with Gasteiger partial charge in [-0.3, -0.25) is 0 Å². The van der Waals surface area contributed by atoms with Gasteiger partial charge in [0.25, 0.3) is 0 Å². The minimum Gasteiger partial charge on any atom is -0.455 e. The zero-order valence-corrected chi connectivity index (χ0v) is 67.0. The summed E-state index contributed by atoms with van der Waals surface area (Å²) in [7, 11) is -1.89. The lowest BCUT2D eigenvalue weighted by molar-refractivity contribution is 0.590. The van der Waals surface area contributed by atoms with Crippen molar-refractivity contribution in [2.45, 2.75) is 149 Å². The van der Waals surface area contributed by atoms with Gasteiger partial charge in [0.1, 0.15) is 11.2 Å². The Labute approximate surface area is 641 Å². The average molecular weight is 1420 g/mol. The number of hydrogen-bond donors (Lipinski definition) is 0. The Morgan fingerprint density at radius 2 is 0.685 bits per heavy atom. The first-order valence-electron chi connectivity index (χ1n) is 38.8. The molecule has 1 atom stereocenters. The molecular formula is C103H99N3OSi. The Morgan fingerprint density at radius 3 is 1.15 bits per heavy atom. The third-order valence-corrected chi connectivity index (χ3v) is 25.8. The van der Waals surface area contributed by atoms with E-state index in [9.17, 15) is 0 Å². The molecule has 14 aromatic carbocycles. The Morgan fingerprint density at radius 1 is 0.315 bits per heavy atom. The van der Waals surface area contributed by atoms with Crippen molar-refractivity contribution >= 4 is 108 Å². The van der Waals surface area contributed by atoms with Gasteiger partial charge >= 0.3 is 0 Å². The molecule has 108 heavy (non-hydrogen) atoms. The number of rotatable bonds is 12. The van der Waals surface area contributed by atoms with Crippen molar-refractivity contribution in [3.05, 3.63) is 347 Å². The standard InChI is InChI=1S/C103H99N3OSi/c1-98(2,3)68-40-52-74(53-41-68)104(75-54-42-69(43-55-75)99(4,5)6)76-60-48-72(49-61-76)103(73-50-62-79(63-51-73)108(15,16)17)85-65-90(106(78-58-46-71(47-59-78)101(10,11)12)88-38-27-31-67-29-19-21-33-81(67)88)96-93(82-34-22-24-36-84(82)102(96,13)14)94(85)95-86(103)64-89(92-83-35-23-25-39-91(83)107-97(92)95)105(77-56-44-70(45-57-77)100(7,8)9)87-37-26-30-66-28-18-20-32-80(66)87/h18-65H,1-17H3. The molecule has 17 rings (SSSR count). The quantitative estimate of drug-likeness (QED) is 0.114. The Bertz CT molecular complexity index is 5940. The fraction of sp³-hybridized carbons (Fsp3) is 0.223. The van der Waals surface area contributed by atoms with Crippen LogP contribution in [0.15, 0.2) is 296 Å². The smallest absolute Gasteiger partial charge is 0.145 e. The number of hydrogen-bond acceptors (Lipinski definition) is 4. The molecule has 0 N–H and O–H groups in total. The van der Waals surface area contributed by atoms with Gasteiger partial charge < -0.3 is 19.1 Å². The van der Waals surface area contributed by atoms with Crippen LogP contribution in [0.2, 0.25) is 19.6 Å². The molecule has 0 aliphatic heterocycles. The van der Waals surface area contributed by atoms with E-state index in [0.29, 0.717) is 0 Å². The van der Waals surface area contributed by atoms with Crippen LogP contribution in [0.5, 0.6) is 0 Å². The number of furan rings is 1.